The van der Waals surface area contributed by atoms with Crippen molar-refractivity contribution in [1.82, 2.24) is 5.43 Å². The maximum absolute atomic E-state index is 3.96. The van der Waals surface area contributed by atoms with Crippen molar-refractivity contribution >= 4 is 6.21 Å². The summed E-state index contributed by atoms with van der Waals surface area (Å²) in [5.41, 5.74) is 4.49. The Kier molecular flexibility index (Phi) is 1.31. The first kappa shape index (κ1) is 5.71. The quantitative estimate of drug-likeness (QED) is 0.495. The molecule has 0 aromatic rings. The van der Waals surface area contributed by atoms with Gasteiger partial charge in [-0.25, -0.2) is 0 Å². The molecule has 2 heteroatoms. The van der Waals surface area contributed by atoms with Gasteiger partial charge in [0, 0.05) is 6.21 Å². The van der Waals surface area contributed by atoms with Crippen molar-refractivity contribution in [2.24, 2.45) is 5.10 Å². The third kappa shape index (κ3) is 0.856. The molecule has 0 aromatic carbocycles. The van der Waals surface area contributed by atoms with Crippen molar-refractivity contribution in [2.75, 3.05) is 0 Å². The van der Waals surface area contributed by atoms with E-state index in [1.54, 1.807) is 0 Å². The minimum atomic E-state index is 0.388. The predicted octanol–water partition coefficient (Wildman–Crippen LogP) is 1.22. The molecule has 1 aliphatic carbocycles. The van der Waals surface area contributed by atoms with Gasteiger partial charge in [0.15, 0.2) is 0 Å². The summed E-state index contributed by atoms with van der Waals surface area (Å²) in [5, 5.41) is 3.96. The molecule has 1 heterocycles. The van der Waals surface area contributed by atoms with Crippen molar-refractivity contribution in [1.29, 1.82) is 0 Å². The van der Waals surface area contributed by atoms with Gasteiger partial charge in [-0.1, -0.05) is 12.2 Å². The van der Waals surface area contributed by atoms with Crippen LogP contribution in [0.15, 0.2) is 28.9 Å². The van der Waals surface area contributed by atoms with E-state index < -0.39 is 0 Å². The lowest BCUT2D eigenvalue weighted by Gasteiger charge is -2.21. The van der Waals surface area contributed by atoms with Gasteiger partial charge in [-0.3, -0.25) is 5.43 Å². The van der Waals surface area contributed by atoms with Gasteiger partial charge < -0.3 is 0 Å². The van der Waals surface area contributed by atoms with Crippen LogP contribution in [-0.4, -0.2) is 12.3 Å². The fraction of sp³-hybridized carbons (Fsp3) is 0.375. The van der Waals surface area contributed by atoms with Gasteiger partial charge in [0.1, 0.15) is 0 Å². The lowest BCUT2D eigenvalue weighted by Crippen LogP contribution is -2.28. The van der Waals surface area contributed by atoms with E-state index >= 15 is 0 Å². The molecule has 0 radical (unpaired) electrons. The Balaban J connectivity index is 2.26. The van der Waals surface area contributed by atoms with Gasteiger partial charge in [-0.05, 0) is 24.5 Å². The second-order valence-corrected chi connectivity index (χ2v) is 2.59. The molecule has 10 heavy (non-hydrogen) atoms. The van der Waals surface area contributed by atoms with Crippen LogP contribution in [0.2, 0.25) is 0 Å². The first-order chi connectivity index (χ1) is 4.97. The van der Waals surface area contributed by atoms with Crippen molar-refractivity contribution in [3.63, 3.8) is 0 Å². The highest BCUT2D eigenvalue weighted by Gasteiger charge is 2.13. The second-order valence-electron chi connectivity index (χ2n) is 2.59. The smallest absolute Gasteiger partial charge is 0.0834 e. The van der Waals surface area contributed by atoms with Crippen LogP contribution in [0.4, 0.5) is 0 Å². The number of hydrogen-bond donors (Lipinski definition) is 1. The maximum atomic E-state index is 3.96. The average Bonchev–Trinajstić information content (AvgIpc) is 2.05. The molecule has 0 saturated carbocycles. The van der Waals surface area contributed by atoms with Crippen LogP contribution in [0.25, 0.3) is 0 Å². The van der Waals surface area contributed by atoms with Crippen molar-refractivity contribution in [3.05, 3.63) is 23.8 Å². The first-order valence-corrected chi connectivity index (χ1v) is 3.61. The van der Waals surface area contributed by atoms with Crippen LogP contribution in [-0.2, 0) is 0 Å². The summed E-state index contributed by atoms with van der Waals surface area (Å²) in [7, 11) is 0. The number of allylic oxidation sites excluding steroid dienone is 2. The highest BCUT2D eigenvalue weighted by Crippen LogP contribution is 2.18. The zero-order valence-corrected chi connectivity index (χ0v) is 5.75. The topological polar surface area (TPSA) is 24.4 Å². The van der Waals surface area contributed by atoms with E-state index in [-0.39, 0.29) is 0 Å². The third-order valence-corrected chi connectivity index (χ3v) is 1.90. The maximum Gasteiger partial charge on any atom is 0.0834 e. The Labute approximate surface area is 60.3 Å². The van der Waals surface area contributed by atoms with Gasteiger partial charge in [0.2, 0.25) is 0 Å². The van der Waals surface area contributed by atoms with Crippen molar-refractivity contribution in [2.45, 2.75) is 18.9 Å². The number of fused-ring (bicyclic) bond motifs is 1. The Morgan fingerprint density at radius 2 is 2.60 bits per heavy atom. The van der Waals surface area contributed by atoms with E-state index in [1.165, 1.54) is 18.4 Å². The van der Waals surface area contributed by atoms with Crippen molar-refractivity contribution < 1.29 is 0 Å². The third-order valence-electron chi connectivity index (χ3n) is 1.90. The number of nitrogens with one attached hydrogen (secondary N) is 1. The minimum Gasteiger partial charge on any atom is -0.299 e. The molecule has 1 atom stereocenters. The lowest BCUT2D eigenvalue weighted by atomic mass is 9.96. The monoisotopic (exact) mass is 134 g/mol. The first-order valence-electron chi connectivity index (χ1n) is 3.61. The molecule has 0 bridgehead atoms. The van der Waals surface area contributed by atoms with Gasteiger partial charge >= 0.3 is 0 Å². The van der Waals surface area contributed by atoms with Crippen LogP contribution >= 0.6 is 0 Å². The molecule has 1 unspecified atom stereocenters. The summed E-state index contributed by atoms with van der Waals surface area (Å²) < 4.78 is 0. The Hall–Kier alpha value is -1.05. The molecule has 52 valence electrons. The van der Waals surface area contributed by atoms with Gasteiger partial charge in [-0.15, -0.1) is 0 Å². The summed E-state index contributed by atoms with van der Waals surface area (Å²) in [4.78, 5) is 0. The van der Waals surface area contributed by atoms with E-state index in [1.807, 2.05) is 6.21 Å². The molecule has 2 rings (SSSR count). The number of rotatable bonds is 0. The van der Waals surface area contributed by atoms with Crippen molar-refractivity contribution in [3.8, 4) is 0 Å². The van der Waals surface area contributed by atoms with Gasteiger partial charge in [-0.2, -0.15) is 5.10 Å². The molecule has 2 nitrogen and oxygen atoms in total. The molecule has 0 fully saturated rings. The summed E-state index contributed by atoms with van der Waals surface area (Å²) in [5.74, 6) is 0. The highest BCUT2D eigenvalue weighted by molar-refractivity contribution is 5.73. The normalized spacial score (nSPS) is 28.8. The van der Waals surface area contributed by atoms with E-state index in [2.05, 4.69) is 28.8 Å². The van der Waals surface area contributed by atoms with Crippen LogP contribution in [0.3, 0.4) is 0 Å². The number of nitrogens with zero attached hydrogens (tertiary/aromatic N) is 1. The van der Waals surface area contributed by atoms with E-state index in [9.17, 15) is 0 Å². The molecule has 1 N–H and O–H groups in total. The Bertz CT molecular complexity index is 213. The van der Waals surface area contributed by atoms with Crippen LogP contribution < -0.4 is 5.43 Å². The Morgan fingerprint density at radius 1 is 1.60 bits per heavy atom. The molecule has 0 amide bonds. The minimum absolute atomic E-state index is 0.388. The van der Waals surface area contributed by atoms with Crippen LogP contribution in [0.5, 0.6) is 0 Å². The van der Waals surface area contributed by atoms with Gasteiger partial charge in [0.25, 0.3) is 0 Å². The molecular formula is C8H10N2. The summed E-state index contributed by atoms with van der Waals surface area (Å²) in [6.07, 6.45) is 10.7. The molecule has 2 aliphatic rings. The van der Waals surface area contributed by atoms with E-state index in [0.29, 0.717) is 6.04 Å². The Morgan fingerprint density at radius 3 is 3.50 bits per heavy atom. The van der Waals surface area contributed by atoms with E-state index in [0.717, 1.165) is 0 Å². The summed E-state index contributed by atoms with van der Waals surface area (Å²) in [6.45, 7) is 0. The standard InChI is InChI=1S/C8H10N2/c1-2-4-8-7(3-1)5-6-9-10-8/h2,4-6,8,10H,1,3H2. The number of hydrogen-bond acceptors (Lipinski definition) is 2. The van der Waals surface area contributed by atoms with Crippen LogP contribution in [0.1, 0.15) is 12.8 Å². The molecular weight excluding hydrogens is 124 g/mol. The second kappa shape index (κ2) is 2.29. The summed E-state index contributed by atoms with van der Waals surface area (Å²) >= 11 is 0. The lowest BCUT2D eigenvalue weighted by molar-refractivity contribution is 0.643. The summed E-state index contributed by atoms with van der Waals surface area (Å²) in [6, 6.07) is 0.388. The molecule has 0 saturated heterocycles. The largest absolute Gasteiger partial charge is 0.299 e. The van der Waals surface area contributed by atoms with E-state index in [4.69, 9.17) is 0 Å². The molecule has 0 spiro atoms. The van der Waals surface area contributed by atoms with Gasteiger partial charge in [0.05, 0.1) is 6.04 Å². The van der Waals surface area contributed by atoms with Crippen LogP contribution in [0, 0.1) is 0 Å². The fourth-order valence-corrected chi connectivity index (χ4v) is 1.33. The fourth-order valence-electron chi connectivity index (χ4n) is 1.33. The molecule has 0 aromatic heterocycles. The zero-order chi connectivity index (χ0) is 6.81. The predicted molar refractivity (Wildman–Crippen MR) is 41.9 cm³/mol. The average molecular weight is 134 g/mol. The number of hydrazone groups is 1. The highest BCUT2D eigenvalue weighted by atomic mass is 15.3. The zero-order valence-electron chi connectivity index (χ0n) is 5.75. The molecule has 1 aliphatic heterocycles. The SMILES string of the molecule is C1=CC2NN=CC=C2CC1.